The lowest BCUT2D eigenvalue weighted by Crippen LogP contribution is -2.10. The first-order chi connectivity index (χ1) is 9.53. The molecule has 0 aliphatic heterocycles. The van der Waals surface area contributed by atoms with Gasteiger partial charge in [-0.1, -0.05) is 43.8 Å². The van der Waals surface area contributed by atoms with Gasteiger partial charge in [0, 0.05) is 5.75 Å². The first kappa shape index (κ1) is 16.9. The molecule has 1 atom stereocenters. The van der Waals surface area contributed by atoms with Crippen LogP contribution in [-0.2, 0) is 34.4 Å². The van der Waals surface area contributed by atoms with Crippen LogP contribution < -0.4 is 0 Å². The lowest BCUT2D eigenvalue weighted by molar-refractivity contribution is 0.0599. The normalized spacial score (nSPS) is 12.2. The van der Waals surface area contributed by atoms with Crippen molar-refractivity contribution < 1.29 is 18.3 Å². The van der Waals surface area contributed by atoms with E-state index in [9.17, 15) is 13.6 Å². The van der Waals surface area contributed by atoms with Crippen LogP contribution in [0.3, 0.4) is 0 Å². The first-order valence-corrected chi connectivity index (χ1v) is 8.06. The molecule has 0 aliphatic carbocycles. The van der Waals surface area contributed by atoms with Gasteiger partial charge in [-0.2, -0.15) is 0 Å². The topological polar surface area (TPSA) is 66.4 Å². The van der Waals surface area contributed by atoms with Gasteiger partial charge in [0.15, 0.2) is 0 Å². The molecule has 0 fully saturated rings. The van der Waals surface area contributed by atoms with Gasteiger partial charge in [0.25, 0.3) is 0 Å². The van der Waals surface area contributed by atoms with E-state index in [2.05, 4.69) is 0 Å². The molecule has 0 aliphatic rings. The third-order valence-corrected chi connectivity index (χ3v) is 3.69. The second kappa shape index (κ2) is 8.17. The van der Waals surface area contributed by atoms with Gasteiger partial charge >= 0.3 is 5.97 Å². The fourth-order valence-electron chi connectivity index (χ4n) is 2.28. The molecule has 5 heteroatoms. The molecule has 20 heavy (non-hydrogen) atoms. The van der Waals surface area contributed by atoms with Crippen LogP contribution >= 0.6 is 0 Å². The van der Waals surface area contributed by atoms with Crippen molar-refractivity contribution in [2.45, 2.75) is 45.3 Å². The quantitative estimate of drug-likeness (QED) is 0.573. The van der Waals surface area contributed by atoms with Crippen molar-refractivity contribution in [3.05, 3.63) is 34.4 Å². The third-order valence-electron chi connectivity index (χ3n) is 3.14. The number of aryl methyl sites for hydroxylation is 2. The Morgan fingerprint density at radius 3 is 2.25 bits per heavy atom. The molecule has 0 bridgehead atoms. The molecule has 0 heterocycles. The summed E-state index contributed by atoms with van der Waals surface area (Å²) in [6, 6.07) is 3.64. The smallest absolute Gasteiger partial charge is 0.338 e. The minimum absolute atomic E-state index is 0.0638. The molecule has 0 N–H and O–H groups in total. The molecule has 112 valence electrons. The lowest BCUT2D eigenvalue weighted by Gasteiger charge is -2.16. The second-order valence-corrected chi connectivity index (χ2v) is 5.61. The van der Waals surface area contributed by atoms with Gasteiger partial charge in [-0.05, 0) is 35.6 Å². The van der Waals surface area contributed by atoms with Crippen molar-refractivity contribution in [1.82, 2.24) is 0 Å². The van der Waals surface area contributed by atoms with Gasteiger partial charge in [0.1, 0.15) is 0 Å². The standard InChI is InChI=1S/C15H22O4S/c1-4-6-11-8-12(7-5-2)14(15(16)19-3)9-13(11)10-20(17)18/h8-9H,4-7,10H2,1-3H3,(H,17,18)/p-1. The van der Waals surface area contributed by atoms with Gasteiger partial charge in [-0.15, -0.1) is 0 Å². The molecule has 0 amide bonds. The van der Waals surface area contributed by atoms with E-state index < -0.39 is 17.0 Å². The highest BCUT2D eigenvalue weighted by atomic mass is 32.2. The average Bonchev–Trinajstić information content (AvgIpc) is 2.40. The largest absolute Gasteiger partial charge is 0.772 e. The molecular weight excluding hydrogens is 276 g/mol. The summed E-state index contributed by atoms with van der Waals surface area (Å²) in [5, 5.41) is 0. The first-order valence-electron chi connectivity index (χ1n) is 6.82. The van der Waals surface area contributed by atoms with Gasteiger partial charge in [-0.25, -0.2) is 4.79 Å². The molecule has 0 radical (unpaired) electrons. The zero-order valence-corrected chi connectivity index (χ0v) is 13.0. The molecule has 4 nitrogen and oxygen atoms in total. The monoisotopic (exact) mass is 297 g/mol. The number of carbonyl (C=O) groups excluding carboxylic acids is 1. The Labute approximate surface area is 122 Å². The molecule has 0 aromatic heterocycles. The van der Waals surface area contributed by atoms with E-state index in [0.717, 1.165) is 36.8 Å². The summed E-state index contributed by atoms with van der Waals surface area (Å²) in [6.07, 6.45) is 3.44. The molecule has 1 rings (SSSR count). The Morgan fingerprint density at radius 2 is 1.75 bits per heavy atom. The summed E-state index contributed by atoms with van der Waals surface area (Å²) in [5.74, 6) is -0.472. The Balaban J connectivity index is 3.33. The van der Waals surface area contributed by atoms with E-state index in [1.165, 1.54) is 7.11 Å². The SMILES string of the molecule is CCCc1cc(CCC)c(C(=O)OC)cc1CS(=O)[O-]. The van der Waals surface area contributed by atoms with Crippen LogP contribution in [0.15, 0.2) is 12.1 Å². The fourth-order valence-corrected chi connectivity index (χ4v) is 2.80. The highest BCUT2D eigenvalue weighted by Crippen LogP contribution is 2.22. The van der Waals surface area contributed by atoms with E-state index in [1.807, 2.05) is 19.9 Å². The van der Waals surface area contributed by atoms with Crippen LogP contribution in [0.4, 0.5) is 0 Å². The number of benzene rings is 1. The molecular formula is C15H21O4S-. The van der Waals surface area contributed by atoms with Gasteiger partial charge in [-0.3, -0.25) is 4.21 Å². The third kappa shape index (κ3) is 4.42. The van der Waals surface area contributed by atoms with E-state index in [-0.39, 0.29) is 5.75 Å². The van der Waals surface area contributed by atoms with Crippen molar-refractivity contribution in [2.24, 2.45) is 0 Å². The molecule has 1 aromatic carbocycles. The summed E-state index contributed by atoms with van der Waals surface area (Å²) in [7, 11) is 1.34. The summed E-state index contributed by atoms with van der Waals surface area (Å²) < 4.78 is 26.7. The number of carbonyl (C=O) groups is 1. The summed E-state index contributed by atoms with van der Waals surface area (Å²) in [4.78, 5) is 11.8. The predicted octanol–water partition coefficient (Wildman–Crippen LogP) is 2.76. The van der Waals surface area contributed by atoms with Gasteiger partial charge in [0.05, 0.1) is 12.7 Å². The zero-order valence-electron chi connectivity index (χ0n) is 12.2. The van der Waals surface area contributed by atoms with Crippen LogP contribution in [0.1, 0.15) is 53.7 Å². The average molecular weight is 297 g/mol. The minimum atomic E-state index is -2.17. The maximum Gasteiger partial charge on any atom is 0.338 e. The Hall–Kier alpha value is -1.20. The minimum Gasteiger partial charge on any atom is -0.772 e. The van der Waals surface area contributed by atoms with Crippen molar-refractivity contribution in [3.63, 3.8) is 0 Å². The van der Waals surface area contributed by atoms with Crippen molar-refractivity contribution in [1.29, 1.82) is 0 Å². The van der Waals surface area contributed by atoms with Crippen LogP contribution in [0.2, 0.25) is 0 Å². The number of hydrogen-bond donors (Lipinski definition) is 0. The molecule has 0 saturated heterocycles. The fraction of sp³-hybridized carbons (Fsp3) is 0.533. The molecule has 1 unspecified atom stereocenters. The van der Waals surface area contributed by atoms with Crippen LogP contribution in [0.25, 0.3) is 0 Å². The lowest BCUT2D eigenvalue weighted by atomic mass is 9.94. The van der Waals surface area contributed by atoms with E-state index in [0.29, 0.717) is 11.1 Å². The Kier molecular flexibility index (Phi) is 6.88. The number of esters is 1. The van der Waals surface area contributed by atoms with Crippen LogP contribution in [0, 0.1) is 0 Å². The van der Waals surface area contributed by atoms with Crippen molar-refractivity contribution in [2.75, 3.05) is 7.11 Å². The number of ether oxygens (including phenoxy) is 1. The second-order valence-electron chi connectivity index (χ2n) is 4.72. The Bertz CT molecular complexity index is 497. The van der Waals surface area contributed by atoms with E-state index in [1.54, 1.807) is 6.07 Å². The number of hydrogen-bond acceptors (Lipinski definition) is 4. The Morgan fingerprint density at radius 1 is 1.15 bits per heavy atom. The van der Waals surface area contributed by atoms with Crippen molar-refractivity contribution >= 4 is 17.0 Å². The predicted molar refractivity (Wildman–Crippen MR) is 78.4 cm³/mol. The summed E-state index contributed by atoms with van der Waals surface area (Å²) in [6.45, 7) is 4.09. The zero-order chi connectivity index (χ0) is 15.1. The number of rotatable bonds is 7. The molecule has 1 aromatic rings. The molecule has 0 spiro atoms. The maximum absolute atomic E-state index is 11.8. The van der Waals surface area contributed by atoms with Crippen LogP contribution in [0.5, 0.6) is 0 Å². The highest BCUT2D eigenvalue weighted by Gasteiger charge is 2.15. The maximum atomic E-state index is 11.8. The molecule has 0 saturated carbocycles. The van der Waals surface area contributed by atoms with Gasteiger partial charge < -0.3 is 9.29 Å². The highest BCUT2D eigenvalue weighted by molar-refractivity contribution is 7.78. The number of methoxy groups -OCH3 is 1. The summed E-state index contributed by atoms with van der Waals surface area (Å²) in [5.41, 5.74) is 3.12. The van der Waals surface area contributed by atoms with Gasteiger partial charge in [0.2, 0.25) is 0 Å². The van der Waals surface area contributed by atoms with E-state index in [4.69, 9.17) is 4.74 Å². The van der Waals surface area contributed by atoms with Crippen LogP contribution in [-0.4, -0.2) is 21.8 Å². The van der Waals surface area contributed by atoms with Crippen molar-refractivity contribution in [3.8, 4) is 0 Å². The summed E-state index contributed by atoms with van der Waals surface area (Å²) >= 11 is -2.17. The van der Waals surface area contributed by atoms with E-state index >= 15 is 0 Å².